The lowest BCUT2D eigenvalue weighted by atomic mass is 9.66. The highest BCUT2D eigenvalue weighted by molar-refractivity contribution is 5.49. The number of anilines is 1. The first-order chi connectivity index (χ1) is 10.6. The number of hydrogen-bond acceptors (Lipinski definition) is 1. The van der Waals surface area contributed by atoms with E-state index in [1.54, 1.807) is 6.07 Å². The summed E-state index contributed by atoms with van der Waals surface area (Å²) in [5.41, 5.74) is 9.62. The number of fused-ring (bicyclic) bond motifs is 2. The molecule has 114 valence electrons. The van der Waals surface area contributed by atoms with Crippen LogP contribution in [0.1, 0.15) is 42.4 Å². The van der Waals surface area contributed by atoms with Crippen molar-refractivity contribution < 1.29 is 4.39 Å². The van der Waals surface area contributed by atoms with E-state index in [4.69, 9.17) is 5.73 Å². The van der Waals surface area contributed by atoms with Gasteiger partial charge in [0.15, 0.2) is 0 Å². The van der Waals surface area contributed by atoms with E-state index < -0.39 is 0 Å². The third kappa shape index (κ3) is 1.76. The maximum Gasteiger partial charge on any atom is 0.127 e. The number of benzene rings is 2. The molecule has 0 spiro atoms. The van der Waals surface area contributed by atoms with Gasteiger partial charge in [0.1, 0.15) is 5.82 Å². The Hall–Kier alpha value is -1.83. The maximum atomic E-state index is 14.9. The van der Waals surface area contributed by atoms with E-state index in [0.717, 1.165) is 16.8 Å². The van der Waals surface area contributed by atoms with Crippen molar-refractivity contribution in [3.63, 3.8) is 0 Å². The smallest absolute Gasteiger partial charge is 0.127 e. The number of halogens is 1. The van der Waals surface area contributed by atoms with Crippen LogP contribution in [-0.4, -0.2) is 0 Å². The van der Waals surface area contributed by atoms with E-state index >= 15 is 0 Å². The molecule has 2 aromatic rings. The van der Waals surface area contributed by atoms with Gasteiger partial charge < -0.3 is 5.73 Å². The number of hydrogen-bond donors (Lipinski definition) is 1. The minimum absolute atomic E-state index is 0.0457. The van der Waals surface area contributed by atoms with Gasteiger partial charge in [0.05, 0.1) is 0 Å². The first-order valence-electron chi connectivity index (χ1n) is 8.25. The summed E-state index contributed by atoms with van der Waals surface area (Å²) in [5.74, 6) is 1.06. The number of nitrogen functional groups attached to an aromatic ring is 1. The molecule has 2 fully saturated rings. The molecular weight excluding hydrogens is 273 g/mol. The van der Waals surface area contributed by atoms with Gasteiger partial charge in [0, 0.05) is 11.1 Å². The van der Waals surface area contributed by atoms with Gasteiger partial charge in [-0.15, -0.1) is 0 Å². The quantitative estimate of drug-likeness (QED) is 0.790. The molecule has 0 atom stereocenters. The Labute approximate surface area is 131 Å². The standard InChI is InChI=1S/C20H22FN/c1-13-2-11-18(19(21)12-13)20(14-3-4-15(20)6-5-14)16-7-9-17(22)10-8-16/h2,7-12,14-15H,3-6,22H2,1H3. The van der Waals surface area contributed by atoms with Crippen molar-refractivity contribution in [1.29, 1.82) is 0 Å². The van der Waals surface area contributed by atoms with Gasteiger partial charge in [-0.3, -0.25) is 0 Å². The Balaban J connectivity index is 1.96. The highest BCUT2D eigenvalue weighted by Crippen LogP contribution is 2.62. The van der Waals surface area contributed by atoms with Crippen LogP contribution in [0.3, 0.4) is 0 Å². The van der Waals surface area contributed by atoms with Gasteiger partial charge in [0.25, 0.3) is 0 Å². The molecule has 0 aromatic heterocycles. The van der Waals surface area contributed by atoms with Crippen molar-refractivity contribution in [3.05, 3.63) is 65.0 Å². The second-order valence-corrected chi connectivity index (χ2v) is 7.02. The molecule has 0 amide bonds. The van der Waals surface area contributed by atoms with Crippen molar-refractivity contribution in [2.45, 2.75) is 38.0 Å². The Morgan fingerprint density at radius 1 is 0.955 bits per heavy atom. The minimum Gasteiger partial charge on any atom is -0.399 e. The molecule has 2 aliphatic carbocycles. The fourth-order valence-electron chi connectivity index (χ4n) is 5.12. The molecule has 2 bridgehead atoms. The Morgan fingerprint density at radius 3 is 2.09 bits per heavy atom. The second-order valence-electron chi connectivity index (χ2n) is 7.02. The fraction of sp³-hybridized carbons (Fsp3) is 0.400. The molecular formula is C20H22FN. The average Bonchev–Trinajstić information content (AvgIpc) is 3.04. The lowest BCUT2D eigenvalue weighted by molar-refractivity contribution is 0.372. The number of rotatable bonds is 2. The summed E-state index contributed by atoms with van der Waals surface area (Å²) < 4.78 is 14.9. The lowest BCUT2D eigenvalue weighted by Gasteiger charge is -2.36. The van der Waals surface area contributed by atoms with E-state index in [1.165, 1.54) is 31.2 Å². The van der Waals surface area contributed by atoms with Crippen LogP contribution in [0.15, 0.2) is 42.5 Å². The molecule has 0 heterocycles. The summed E-state index contributed by atoms with van der Waals surface area (Å²) >= 11 is 0. The monoisotopic (exact) mass is 295 g/mol. The van der Waals surface area contributed by atoms with Gasteiger partial charge in [-0.25, -0.2) is 4.39 Å². The average molecular weight is 295 g/mol. The molecule has 4 rings (SSSR count). The summed E-state index contributed by atoms with van der Waals surface area (Å²) in [7, 11) is 0. The molecule has 2 N–H and O–H groups in total. The zero-order valence-corrected chi connectivity index (χ0v) is 13.0. The second kappa shape index (κ2) is 4.84. The topological polar surface area (TPSA) is 26.0 Å². The van der Waals surface area contributed by atoms with Gasteiger partial charge in [-0.05, 0) is 79.3 Å². The summed E-state index contributed by atoms with van der Waals surface area (Å²) in [6, 6.07) is 13.9. The van der Waals surface area contributed by atoms with Crippen LogP contribution in [0.5, 0.6) is 0 Å². The summed E-state index contributed by atoms with van der Waals surface area (Å²) in [4.78, 5) is 0. The van der Waals surface area contributed by atoms with Crippen LogP contribution < -0.4 is 5.73 Å². The van der Waals surface area contributed by atoms with E-state index in [-0.39, 0.29) is 11.2 Å². The van der Waals surface area contributed by atoms with E-state index in [9.17, 15) is 4.39 Å². The van der Waals surface area contributed by atoms with Crippen LogP contribution in [0, 0.1) is 24.6 Å². The van der Waals surface area contributed by atoms with Crippen molar-refractivity contribution in [3.8, 4) is 0 Å². The van der Waals surface area contributed by atoms with Crippen molar-refractivity contribution >= 4 is 5.69 Å². The fourth-order valence-corrected chi connectivity index (χ4v) is 5.12. The van der Waals surface area contributed by atoms with Crippen molar-refractivity contribution in [2.24, 2.45) is 11.8 Å². The lowest BCUT2D eigenvalue weighted by Crippen LogP contribution is -2.34. The molecule has 0 saturated heterocycles. The summed E-state index contributed by atoms with van der Waals surface area (Å²) in [5, 5.41) is 0. The van der Waals surface area contributed by atoms with E-state index in [1.807, 2.05) is 25.1 Å². The van der Waals surface area contributed by atoms with Crippen LogP contribution in [0.2, 0.25) is 0 Å². The van der Waals surface area contributed by atoms with Crippen LogP contribution in [0.25, 0.3) is 0 Å². The highest BCUT2D eigenvalue weighted by atomic mass is 19.1. The van der Waals surface area contributed by atoms with Gasteiger partial charge >= 0.3 is 0 Å². The Bertz CT molecular complexity index is 684. The molecule has 0 aliphatic heterocycles. The molecule has 2 heteroatoms. The minimum atomic E-state index is -0.147. The van der Waals surface area contributed by atoms with Crippen molar-refractivity contribution in [2.75, 3.05) is 5.73 Å². The molecule has 2 aromatic carbocycles. The predicted octanol–water partition coefficient (Wildman–Crippen LogP) is 4.82. The van der Waals surface area contributed by atoms with Crippen LogP contribution in [-0.2, 0) is 5.41 Å². The molecule has 1 nitrogen and oxygen atoms in total. The Kier molecular flexibility index (Phi) is 3.04. The first-order valence-corrected chi connectivity index (χ1v) is 8.25. The van der Waals surface area contributed by atoms with Gasteiger partial charge in [0.2, 0.25) is 0 Å². The highest BCUT2D eigenvalue weighted by Gasteiger charge is 2.56. The Morgan fingerprint density at radius 2 is 1.55 bits per heavy atom. The third-order valence-electron chi connectivity index (χ3n) is 5.97. The number of nitrogens with two attached hydrogens (primary N) is 1. The molecule has 22 heavy (non-hydrogen) atoms. The zero-order valence-electron chi connectivity index (χ0n) is 13.0. The molecule has 2 saturated carbocycles. The predicted molar refractivity (Wildman–Crippen MR) is 88.2 cm³/mol. The van der Waals surface area contributed by atoms with Gasteiger partial charge in [-0.2, -0.15) is 0 Å². The molecule has 0 unspecified atom stereocenters. The largest absolute Gasteiger partial charge is 0.399 e. The summed E-state index contributed by atoms with van der Waals surface area (Å²) in [6.45, 7) is 1.95. The SMILES string of the molecule is Cc1ccc(C2(c3ccc(N)cc3)C3CCC2CC3)c(F)c1. The zero-order chi connectivity index (χ0) is 15.3. The summed E-state index contributed by atoms with van der Waals surface area (Å²) in [6.07, 6.45) is 4.84. The van der Waals surface area contributed by atoms with Crippen molar-refractivity contribution in [1.82, 2.24) is 0 Å². The van der Waals surface area contributed by atoms with E-state index in [2.05, 4.69) is 18.2 Å². The normalized spacial score (nSPS) is 29.9. The third-order valence-corrected chi connectivity index (χ3v) is 5.97. The number of aryl methyl sites for hydroxylation is 1. The first kappa shape index (κ1) is 13.8. The van der Waals surface area contributed by atoms with Crippen LogP contribution in [0.4, 0.5) is 10.1 Å². The maximum absolute atomic E-state index is 14.9. The molecule has 2 aliphatic rings. The van der Waals surface area contributed by atoms with E-state index in [0.29, 0.717) is 11.8 Å². The van der Waals surface area contributed by atoms with Crippen LogP contribution >= 0.6 is 0 Å². The van der Waals surface area contributed by atoms with Gasteiger partial charge in [-0.1, -0.05) is 24.3 Å². The molecule has 0 radical (unpaired) electrons.